The fraction of sp³-hybridized carbons (Fsp3) is 0.600. The Bertz CT molecular complexity index is 206. The minimum atomic E-state index is -0.528. The van der Waals surface area contributed by atoms with Gasteiger partial charge in [0.05, 0.1) is 5.69 Å². The van der Waals surface area contributed by atoms with Crippen LogP contribution in [0.15, 0.2) is 0 Å². The Morgan fingerprint density at radius 2 is 2.22 bits per heavy atom. The van der Waals surface area contributed by atoms with E-state index in [0.717, 1.165) is 0 Å². The molecule has 1 aromatic rings. The molecule has 0 aliphatic carbocycles. The molecule has 0 bridgehead atoms. The van der Waals surface area contributed by atoms with Crippen LogP contribution in [0.2, 0.25) is 0 Å². The van der Waals surface area contributed by atoms with Crippen molar-refractivity contribution in [3.05, 3.63) is 11.4 Å². The van der Waals surface area contributed by atoms with E-state index in [9.17, 15) is 4.39 Å². The van der Waals surface area contributed by atoms with E-state index in [0.29, 0.717) is 11.4 Å². The van der Waals surface area contributed by atoms with E-state index >= 15 is 0 Å². The van der Waals surface area contributed by atoms with Gasteiger partial charge < -0.3 is 0 Å². The van der Waals surface area contributed by atoms with Gasteiger partial charge in [0.25, 0.3) is 0 Å². The van der Waals surface area contributed by atoms with Crippen molar-refractivity contribution >= 4 is 0 Å². The zero-order chi connectivity index (χ0) is 6.85. The van der Waals surface area contributed by atoms with Crippen LogP contribution < -0.4 is 0 Å². The number of aromatic nitrogens is 3. The maximum absolute atomic E-state index is 11.9. The third kappa shape index (κ3) is 1.06. The Hall–Kier alpha value is -0.930. The molecule has 0 saturated heterocycles. The van der Waals surface area contributed by atoms with Crippen molar-refractivity contribution in [2.75, 3.05) is 0 Å². The second kappa shape index (κ2) is 2.13. The minimum absolute atomic E-state index is 0.428. The molecule has 9 heavy (non-hydrogen) atoms. The average Bonchev–Trinajstić information content (AvgIpc) is 2.10. The summed E-state index contributed by atoms with van der Waals surface area (Å²) < 4.78 is 11.9. The Balaban J connectivity index is 3.01. The molecule has 0 radical (unpaired) electrons. The van der Waals surface area contributed by atoms with Crippen LogP contribution in [0.5, 0.6) is 0 Å². The smallest absolute Gasteiger partial charge is 0.135 e. The zero-order valence-corrected chi connectivity index (χ0v) is 5.43. The van der Waals surface area contributed by atoms with Gasteiger partial charge in [0.2, 0.25) is 0 Å². The van der Waals surface area contributed by atoms with Gasteiger partial charge in [-0.15, -0.1) is 0 Å². The molecule has 0 saturated carbocycles. The number of alkyl halides is 1. The lowest BCUT2D eigenvalue weighted by atomic mass is 10.4. The molecule has 0 unspecified atom stereocenters. The van der Waals surface area contributed by atoms with Crippen LogP contribution in [0.4, 0.5) is 4.39 Å². The first-order valence-electron chi connectivity index (χ1n) is 2.67. The number of hydrogen-bond acceptors (Lipinski definition) is 2. The molecule has 0 amide bonds. The SMILES string of the molecule is Cc1nn(C)nc1CF. The normalized spacial score (nSPS) is 10.1. The second-order valence-electron chi connectivity index (χ2n) is 1.86. The fourth-order valence-corrected chi connectivity index (χ4v) is 0.668. The summed E-state index contributed by atoms with van der Waals surface area (Å²) in [5.74, 6) is 0. The van der Waals surface area contributed by atoms with E-state index < -0.39 is 6.67 Å². The van der Waals surface area contributed by atoms with Crippen molar-refractivity contribution in [1.82, 2.24) is 15.0 Å². The lowest BCUT2D eigenvalue weighted by Gasteiger charge is -1.80. The molecule has 1 rings (SSSR count). The highest BCUT2D eigenvalue weighted by Crippen LogP contribution is 2.00. The van der Waals surface area contributed by atoms with Crippen molar-refractivity contribution in [3.63, 3.8) is 0 Å². The topological polar surface area (TPSA) is 30.7 Å². The van der Waals surface area contributed by atoms with Crippen molar-refractivity contribution < 1.29 is 4.39 Å². The molecule has 0 fully saturated rings. The molecule has 0 aromatic carbocycles. The third-order valence-electron chi connectivity index (χ3n) is 1.10. The summed E-state index contributed by atoms with van der Waals surface area (Å²) in [6.45, 7) is 1.21. The molecule has 0 spiro atoms. The predicted octanol–water partition coefficient (Wildman–Crippen LogP) is 0.593. The molecule has 0 aliphatic heterocycles. The molecule has 3 nitrogen and oxygen atoms in total. The summed E-state index contributed by atoms with van der Waals surface area (Å²) in [6, 6.07) is 0. The second-order valence-corrected chi connectivity index (χ2v) is 1.86. The van der Waals surface area contributed by atoms with Crippen LogP contribution in [0.25, 0.3) is 0 Å². The molecule has 0 aliphatic rings. The molecule has 0 atom stereocenters. The Kier molecular flexibility index (Phi) is 1.46. The molecule has 1 heterocycles. The lowest BCUT2D eigenvalue weighted by Crippen LogP contribution is -1.92. The van der Waals surface area contributed by atoms with Crippen molar-refractivity contribution in [3.8, 4) is 0 Å². The molecule has 4 heteroatoms. The Morgan fingerprint density at radius 1 is 1.56 bits per heavy atom. The molecule has 0 N–H and O–H groups in total. The van der Waals surface area contributed by atoms with Gasteiger partial charge in [-0.3, -0.25) is 0 Å². The van der Waals surface area contributed by atoms with Gasteiger partial charge in [0.15, 0.2) is 0 Å². The maximum Gasteiger partial charge on any atom is 0.135 e. The van der Waals surface area contributed by atoms with Crippen molar-refractivity contribution in [1.29, 1.82) is 0 Å². The largest absolute Gasteiger partial charge is 0.244 e. The number of rotatable bonds is 1. The van der Waals surface area contributed by atoms with Gasteiger partial charge in [-0.1, -0.05) is 0 Å². The quantitative estimate of drug-likeness (QED) is 0.555. The summed E-state index contributed by atoms with van der Waals surface area (Å²) in [7, 11) is 1.67. The molecular formula is C5H8FN3. The minimum Gasteiger partial charge on any atom is -0.244 e. The zero-order valence-electron chi connectivity index (χ0n) is 5.43. The van der Waals surface area contributed by atoms with E-state index in [1.165, 1.54) is 4.80 Å². The van der Waals surface area contributed by atoms with Crippen LogP contribution >= 0.6 is 0 Å². The van der Waals surface area contributed by atoms with Gasteiger partial charge >= 0.3 is 0 Å². The van der Waals surface area contributed by atoms with Gasteiger partial charge in [-0.2, -0.15) is 15.0 Å². The monoisotopic (exact) mass is 129 g/mol. The number of aryl methyl sites for hydroxylation is 2. The summed E-state index contributed by atoms with van der Waals surface area (Å²) in [5.41, 5.74) is 1.09. The molecule has 50 valence electrons. The summed E-state index contributed by atoms with van der Waals surface area (Å²) >= 11 is 0. The fourth-order valence-electron chi connectivity index (χ4n) is 0.668. The van der Waals surface area contributed by atoms with Gasteiger partial charge in [0.1, 0.15) is 12.4 Å². The van der Waals surface area contributed by atoms with Crippen LogP contribution in [0.3, 0.4) is 0 Å². The standard InChI is InChI=1S/C5H8FN3/c1-4-5(3-6)8-9(2)7-4/h3H2,1-2H3. The average molecular weight is 129 g/mol. The first-order chi connectivity index (χ1) is 4.24. The lowest BCUT2D eigenvalue weighted by molar-refractivity contribution is 0.469. The van der Waals surface area contributed by atoms with E-state index in [-0.39, 0.29) is 0 Å². The van der Waals surface area contributed by atoms with Crippen LogP contribution in [0.1, 0.15) is 11.4 Å². The highest BCUT2D eigenvalue weighted by molar-refractivity contribution is 5.03. The van der Waals surface area contributed by atoms with E-state index in [4.69, 9.17) is 0 Å². The maximum atomic E-state index is 11.9. The Labute approximate surface area is 52.5 Å². The summed E-state index contributed by atoms with van der Waals surface area (Å²) in [6.07, 6.45) is 0. The predicted molar refractivity (Wildman–Crippen MR) is 30.6 cm³/mol. The van der Waals surface area contributed by atoms with E-state index in [2.05, 4.69) is 10.2 Å². The number of nitrogens with zero attached hydrogens (tertiary/aromatic N) is 3. The Morgan fingerprint density at radius 3 is 2.44 bits per heavy atom. The van der Waals surface area contributed by atoms with Gasteiger partial charge in [-0.05, 0) is 6.92 Å². The number of halogens is 1. The van der Waals surface area contributed by atoms with Gasteiger partial charge in [-0.25, -0.2) is 4.39 Å². The summed E-state index contributed by atoms with van der Waals surface area (Å²) in [5, 5.41) is 7.61. The first-order valence-corrected chi connectivity index (χ1v) is 2.67. The van der Waals surface area contributed by atoms with Crippen LogP contribution in [-0.4, -0.2) is 15.0 Å². The van der Waals surface area contributed by atoms with Gasteiger partial charge in [0, 0.05) is 7.05 Å². The van der Waals surface area contributed by atoms with Crippen molar-refractivity contribution in [2.45, 2.75) is 13.6 Å². The molecule has 1 aromatic heterocycles. The van der Waals surface area contributed by atoms with Crippen LogP contribution in [0, 0.1) is 6.92 Å². The summed E-state index contributed by atoms with van der Waals surface area (Å²) in [4.78, 5) is 1.37. The first kappa shape index (κ1) is 6.19. The number of hydrogen-bond donors (Lipinski definition) is 0. The highest BCUT2D eigenvalue weighted by atomic mass is 19.1. The molecular weight excluding hydrogens is 121 g/mol. The van der Waals surface area contributed by atoms with E-state index in [1.54, 1.807) is 14.0 Å². The third-order valence-corrected chi connectivity index (χ3v) is 1.10. The van der Waals surface area contributed by atoms with Crippen molar-refractivity contribution in [2.24, 2.45) is 7.05 Å². The van der Waals surface area contributed by atoms with E-state index in [1.807, 2.05) is 0 Å². The van der Waals surface area contributed by atoms with Crippen LogP contribution in [-0.2, 0) is 13.7 Å². The highest BCUT2D eigenvalue weighted by Gasteiger charge is 2.01.